The number of hydrogen-bond acceptors (Lipinski definition) is 6. The number of carboxylic acid groups (broad SMARTS) is 1. The van der Waals surface area contributed by atoms with Crippen molar-refractivity contribution in [1.82, 2.24) is 0 Å². The van der Waals surface area contributed by atoms with Gasteiger partial charge in [0.2, 0.25) is 0 Å². The van der Waals surface area contributed by atoms with E-state index < -0.39 is 18.2 Å². The number of carbonyl (C=O) groups is 1. The SMILES string of the molecule is CC(=O)O.CC(C)(C)OC(C)(C)C.CC(O)CO.CC(O)CO. The van der Waals surface area contributed by atoms with Crippen molar-refractivity contribution in [2.45, 2.75) is 85.7 Å². The molecular formula is C16H38O7. The maximum absolute atomic E-state index is 9.00. The molecule has 0 spiro atoms. The third-order valence-electron chi connectivity index (χ3n) is 1.14. The molecule has 2 unspecified atom stereocenters. The Morgan fingerprint density at radius 1 is 0.870 bits per heavy atom. The van der Waals surface area contributed by atoms with Crippen LogP contribution < -0.4 is 0 Å². The van der Waals surface area contributed by atoms with Crippen molar-refractivity contribution < 1.29 is 35.1 Å². The van der Waals surface area contributed by atoms with E-state index in [-0.39, 0.29) is 24.4 Å². The van der Waals surface area contributed by atoms with Gasteiger partial charge in [-0.3, -0.25) is 4.79 Å². The van der Waals surface area contributed by atoms with Crippen molar-refractivity contribution in [3.05, 3.63) is 0 Å². The predicted molar refractivity (Wildman–Crippen MR) is 91.4 cm³/mol. The molecule has 0 rings (SSSR count). The molecule has 0 radical (unpaired) electrons. The molecule has 5 N–H and O–H groups in total. The lowest BCUT2D eigenvalue weighted by molar-refractivity contribution is -0.134. The Balaban J connectivity index is -0.000000112. The average molecular weight is 342 g/mol. The number of aliphatic hydroxyl groups excluding tert-OH is 4. The third-order valence-corrected chi connectivity index (χ3v) is 1.14. The molecule has 0 aromatic heterocycles. The Bertz CT molecular complexity index is 226. The summed E-state index contributed by atoms with van der Waals surface area (Å²) in [7, 11) is 0. The van der Waals surface area contributed by atoms with Gasteiger partial charge in [0, 0.05) is 6.92 Å². The van der Waals surface area contributed by atoms with Crippen LogP contribution in [-0.4, -0.2) is 68.1 Å². The van der Waals surface area contributed by atoms with Crippen LogP contribution in [0, 0.1) is 0 Å². The van der Waals surface area contributed by atoms with Crippen LogP contribution in [0.5, 0.6) is 0 Å². The van der Waals surface area contributed by atoms with Crippen LogP contribution in [-0.2, 0) is 9.53 Å². The first-order valence-electron chi connectivity index (χ1n) is 7.46. The van der Waals surface area contributed by atoms with Gasteiger partial charge in [0.1, 0.15) is 0 Å². The van der Waals surface area contributed by atoms with Crippen molar-refractivity contribution in [1.29, 1.82) is 0 Å². The molecule has 0 aromatic carbocycles. The van der Waals surface area contributed by atoms with E-state index in [2.05, 4.69) is 41.5 Å². The predicted octanol–water partition coefficient (Wildman–Crippen LogP) is 1.41. The van der Waals surface area contributed by atoms with Gasteiger partial charge in [-0.1, -0.05) is 0 Å². The summed E-state index contributed by atoms with van der Waals surface area (Å²) >= 11 is 0. The number of ether oxygens (including phenoxy) is 1. The second kappa shape index (κ2) is 16.1. The molecule has 0 bridgehead atoms. The minimum atomic E-state index is -0.833. The van der Waals surface area contributed by atoms with Crippen molar-refractivity contribution >= 4 is 5.97 Å². The summed E-state index contributed by atoms with van der Waals surface area (Å²) in [6.45, 7) is 16.3. The number of rotatable bonds is 2. The molecule has 0 aliphatic heterocycles. The lowest BCUT2D eigenvalue weighted by Crippen LogP contribution is -2.31. The number of carboxylic acids is 1. The molecule has 23 heavy (non-hydrogen) atoms. The molecule has 0 saturated heterocycles. The maximum atomic E-state index is 9.00. The number of hydrogen-bond donors (Lipinski definition) is 5. The van der Waals surface area contributed by atoms with E-state index in [1.54, 1.807) is 0 Å². The quantitative estimate of drug-likeness (QED) is 0.513. The van der Waals surface area contributed by atoms with E-state index in [1.165, 1.54) is 13.8 Å². The molecule has 0 fully saturated rings. The summed E-state index contributed by atoms with van der Waals surface area (Å²) in [4.78, 5) is 9.00. The maximum Gasteiger partial charge on any atom is 0.300 e. The standard InChI is InChI=1S/C8H18O.2C3H8O2.C2H4O2/c1-7(2,3)9-8(4,5)6;2*1-3(5)2-4;1-2(3)4/h1-6H3;2*3-5H,2H2,1H3;1H3,(H,3,4). The van der Waals surface area contributed by atoms with E-state index in [1.807, 2.05) is 0 Å². The fraction of sp³-hybridized carbons (Fsp3) is 0.938. The molecular weight excluding hydrogens is 304 g/mol. The van der Waals surface area contributed by atoms with Gasteiger partial charge in [0.05, 0.1) is 36.6 Å². The monoisotopic (exact) mass is 342 g/mol. The second-order valence-electron chi connectivity index (χ2n) is 6.91. The Morgan fingerprint density at radius 3 is 1.00 bits per heavy atom. The summed E-state index contributed by atoms with van der Waals surface area (Å²) < 4.78 is 5.62. The zero-order valence-corrected chi connectivity index (χ0v) is 16.1. The summed E-state index contributed by atoms with van der Waals surface area (Å²) in [5.74, 6) is -0.833. The Labute approximate surface area is 140 Å². The van der Waals surface area contributed by atoms with Crippen LogP contribution in [0.3, 0.4) is 0 Å². The lowest BCUT2D eigenvalue weighted by Gasteiger charge is -2.30. The number of aliphatic hydroxyl groups is 4. The zero-order chi connectivity index (χ0) is 19.9. The largest absolute Gasteiger partial charge is 0.481 e. The highest BCUT2D eigenvalue weighted by Gasteiger charge is 2.19. The van der Waals surface area contributed by atoms with Crippen LogP contribution in [0.15, 0.2) is 0 Å². The minimum absolute atomic E-state index is 0.0156. The van der Waals surface area contributed by atoms with Gasteiger partial charge >= 0.3 is 0 Å². The zero-order valence-electron chi connectivity index (χ0n) is 16.1. The van der Waals surface area contributed by atoms with Crippen LogP contribution in [0.2, 0.25) is 0 Å². The molecule has 2 atom stereocenters. The van der Waals surface area contributed by atoms with E-state index in [0.29, 0.717) is 0 Å². The van der Waals surface area contributed by atoms with Crippen molar-refractivity contribution in [3.8, 4) is 0 Å². The van der Waals surface area contributed by atoms with Crippen LogP contribution in [0.25, 0.3) is 0 Å². The molecule has 7 heteroatoms. The van der Waals surface area contributed by atoms with Gasteiger partial charge < -0.3 is 30.3 Å². The van der Waals surface area contributed by atoms with Gasteiger partial charge in [-0.2, -0.15) is 0 Å². The van der Waals surface area contributed by atoms with Crippen molar-refractivity contribution in [2.75, 3.05) is 13.2 Å². The Kier molecular flexibility index (Phi) is 21.2. The molecule has 0 aliphatic carbocycles. The van der Waals surface area contributed by atoms with E-state index in [0.717, 1.165) is 6.92 Å². The molecule has 144 valence electrons. The highest BCUT2D eigenvalue weighted by atomic mass is 16.5. The summed E-state index contributed by atoms with van der Waals surface area (Å²) in [6, 6.07) is 0. The van der Waals surface area contributed by atoms with Crippen molar-refractivity contribution in [3.63, 3.8) is 0 Å². The molecule has 0 saturated carbocycles. The first-order valence-corrected chi connectivity index (χ1v) is 7.46. The Morgan fingerprint density at radius 2 is 1.00 bits per heavy atom. The van der Waals surface area contributed by atoms with Crippen LogP contribution in [0.1, 0.15) is 62.3 Å². The lowest BCUT2D eigenvalue weighted by atomic mass is 10.1. The highest BCUT2D eigenvalue weighted by molar-refractivity contribution is 5.62. The molecule has 7 nitrogen and oxygen atoms in total. The van der Waals surface area contributed by atoms with E-state index >= 15 is 0 Å². The average Bonchev–Trinajstić information content (AvgIpc) is 2.24. The fourth-order valence-corrected chi connectivity index (χ4v) is 0.919. The van der Waals surface area contributed by atoms with Crippen LogP contribution >= 0.6 is 0 Å². The highest BCUT2D eigenvalue weighted by Crippen LogP contribution is 2.17. The van der Waals surface area contributed by atoms with Gasteiger partial charge in [0.25, 0.3) is 5.97 Å². The minimum Gasteiger partial charge on any atom is -0.481 e. The first kappa shape index (κ1) is 30.2. The smallest absolute Gasteiger partial charge is 0.300 e. The van der Waals surface area contributed by atoms with E-state index in [9.17, 15) is 0 Å². The van der Waals surface area contributed by atoms with Crippen molar-refractivity contribution in [2.24, 2.45) is 0 Å². The second-order valence-corrected chi connectivity index (χ2v) is 6.91. The van der Waals surface area contributed by atoms with Crippen LogP contribution in [0.4, 0.5) is 0 Å². The van der Waals surface area contributed by atoms with Gasteiger partial charge in [-0.25, -0.2) is 0 Å². The summed E-state index contributed by atoms with van der Waals surface area (Å²) in [5, 5.41) is 39.4. The molecule has 0 heterocycles. The van der Waals surface area contributed by atoms with Gasteiger partial charge in [-0.15, -0.1) is 0 Å². The topological polar surface area (TPSA) is 127 Å². The summed E-state index contributed by atoms with van der Waals surface area (Å²) in [5.41, 5.74) is -0.0312. The summed E-state index contributed by atoms with van der Waals surface area (Å²) in [6.07, 6.45) is -1.12. The van der Waals surface area contributed by atoms with E-state index in [4.69, 9.17) is 35.1 Å². The molecule has 0 aromatic rings. The van der Waals surface area contributed by atoms with Gasteiger partial charge in [0.15, 0.2) is 0 Å². The third kappa shape index (κ3) is 91.9. The molecule has 0 aliphatic rings. The Hall–Kier alpha value is -0.730. The fourth-order valence-electron chi connectivity index (χ4n) is 0.919. The molecule has 0 amide bonds. The number of aliphatic carboxylic acids is 1. The normalized spacial score (nSPS) is 13.1. The first-order chi connectivity index (χ1) is 9.98. The van der Waals surface area contributed by atoms with Gasteiger partial charge in [-0.05, 0) is 55.4 Å².